The topological polar surface area (TPSA) is 29.5 Å². The number of halogens is 3. The Hall–Kier alpha value is -0.920. The van der Waals surface area contributed by atoms with Gasteiger partial charge < -0.3 is 5.11 Å². The minimum Gasteiger partial charge on any atom is -0.506 e. The van der Waals surface area contributed by atoms with Gasteiger partial charge in [-0.05, 0) is 22.0 Å². The van der Waals surface area contributed by atoms with E-state index in [0.29, 0.717) is 0 Å². The van der Waals surface area contributed by atoms with Gasteiger partial charge in [0.2, 0.25) is 0 Å². The first-order valence-electron chi connectivity index (χ1n) is 3.53. The van der Waals surface area contributed by atoms with E-state index >= 15 is 0 Å². The lowest BCUT2D eigenvalue weighted by atomic mass is 10.1. The molecule has 0 atom stereocenters. The standard InChI is InChI=1S/C9H5BrClFO2/c1-2-3-5-8(11)7(13)4-6(10)9(5)14-12/h1,4,13H,3H2. The van der Waals surface area contributed by atoms with Crippen LogP contribution in [0.15, 0.2) is 10.5 Å². The Morgan fingerprint density at radius 3 is 2.86 bits per heavy atom. The molecule has 1 N–H and O–H groups in total. The second-order valence-corrected chi connectivity index (χ2v) is 3.69. The summed E-state index contributed by atoms with van der Waals surface area (Å²) in [5.74, 6) is 2.01. The minimum absolute atomic E-state index is 0.00111. The molecule has 14 heavy (non-hydrogen) atoms. The van der Waals surface area contributed by atoms with Crippen LogP contribution in [-0.2, 0) is 6.42 Å². The fraction of sp³-hybridized carbons (Fsp3) is 0.111. The maximum absolute atomic E-state index is 12.1. The van der Waals surface area contributed by atoms with Gasteiger partial charge in [-0.1, -0.05) is 11.6 Å². The fourth-order valence-corrected chi connectivity index (χ4v) is 1.72. The van der Waals surface area contributed by atoms with Crippen molar-refractivity contribution in [2.24, 2.45) is 0 Å². The zero-order valence-corrected chi connectivity index (χ0v) is 9.19. The number of hydrogen-bond donors (Lipinski definition) is 1. The van der Waals surface area contributed by atoms with Crippen LogP contribution in [0.25, 0.3) is 0 Å². The highest BCUT2D eigenvalue weighted by molar-refractivity contribution is 9.10. The molecule has 0 saturated heterocycles. The van der Waals surface area contributed by atoms with Crippen LogP contribution < -0.4 is 4.94 Å². The van der Waals surface area contributed by atoms with Gasteiger partial charge in [-0.2, -0.15) is 0 Å². The van der Waals surface area contributed by atoms with E-state index < -0.39 is 0 Å². The molecular weight excluding hydrogens is 274 g/mol. The molecule has 1 aromatic carbocycles. The Morgan fingerprint density at radius 1 is 1.71 bits per heavy atom. The number of rotatable bonds is 2. The molecule has 0 heterocycles. The maximum atomic E-state index is 12.1. The number of phenols is 1. The molecule has 2 nitrogen and oxygen atoms in total. The van der Waals surface area contributed by atoms with Gasteiger partial charge in [-0.3, -0.25) is 4.94 Å². The van der Waals surface area contributed by atoms with Crippen LogP contribution in [0.2, 0.25) is 5.02 Å². The lowest BCUT2D eigenvalue weighted by Gasteiger charge is -2.08. The van der Waals surface area contributed by atoms with Gasteiger partial charge in [-0.25, -0.2) is 0 Å². The molecule has 0 aliphatic heterocycles. The summed E-state index contributed by atoms with van der Waals surface area (Å²) < 4.78 is 12.4. The number of terminal acetylenes is 1. The predicted molar refractivity (Wildman–Crippen MR) is 55.1 cm³/mol. The average Bonchev–Trinajstić information content (AvgIpc) is 2.14. The SMILES string of the molecule is C#CCc1c(Cl)c(O)cc(Br)c1OF. The number of benzene rings is 1. The van der Waals surface area contributed by atoms with Gasteiger partial charge in [0.1, 0.15) is 5.75 Å². The van der Waals surface area contributed by atoms with Crippen molar-refractivity contribution in [3.05, 3.63) is 21.1 Å². The van der Waals surface area contributed by atoms with E-state index in [0.717, 1.165) is 0 Å². The van der Waals surface area contributed by atoms with Crippen LogP contribution in [-0.4, -0.2) is 5.11 Å². The number of phenolic OH excluding ortho intramolecular Hbond substituents is 1. The fourth-order valence-electron chi connectivity index (χ4n) is 0.991. The predicted octanol–water partition coefficient (Wildman–Crippen LogP) is 3.25. The quantitative estimate of drug-likeness (QED) is 0.842. The average molecular weight is 279 g/mol. The van der Waals surface area contributed by atoms with Crippen LogP contribution >= 0.6 is 27.5 Å². The summed E-state index contributed by atoms with van der Waals surface area (Å²) in [7, 11) is 0. The molecule has 0 spiro atoms. The summed E-state index contributed by atoms with van der Waals surface area (Å²) in [6.07, 6.45) is 5.14. The molecule has 0 fully saturated rings. The van der Waals surface area contributed by atoms with Crippen molar-refractivity contribution < 1.29 is 14.6 Å². The van der Waals surface area contributed by atoms with Crippen molar-refractivity contribution in [3.63, 3.8) is 0 Å². The van der Waals surface area contributed by atoms with Gasteiger partial charge in [0.25, 0.3) is 0 Å². The summed E-state index contributed by atoms with van der Waals surface area (Å²) in [5, 5.41) is 9.32. The molecule has 0 bridgehead atoms. The Bertz CT molecular complexity index is 401. The van der Waals surface area contributed by atoms with E-state index in [9.17, 15) is 9.63 Å². The zero-order chi connectivity index (χ0) is 10.7. The minimum atomic E-state index is -0.176. The lowest BCUT2D eigenvalue weighted by Crippen LogP contribution is -1.91. The van der Waals surface area contributed by atoms with Crippen molar-refractivity contribution >= 4 is 27.5 Å². The van der Waals surface area contributed by atoms with Crippen molar-refractivity contribution in [3.8, 4) is 23.8 Å². The summed E-state index contributed by atoms with van der Waals surface area (Å²) in [6.45, 7) is 0. The monoisotopic (exact) mass is 278 g/mol. The Balaban J connectivity index is 3.41. The molecule has 0 radical (unpaired) electrons. The third kappa shape index (κ3) is 1.94. The molecule has 0 aromatic heterocycles. The van der Waals surface area contributed by atoms with E-state index in [1.807, 2.05) is 0 Å². The molecule has 1 aromatic rings. The molecule has 0 aliphatic rings. The van der Waals surface area contributed by atoms with Crippen LogP contribution in [0.1, 0.15) is 5.56 Å². The number of aromatic hydroxyl groups is 1. The molecule has 1 rings (SSSR count). The van der Waals surface area contributed by atoms with Crippen LogP contribution in [0, 0.1) is 12.3 Å². The molecule has 74 valence electrons. The molecule has 0 saturated carbocycles. The van der Waals surface area contributed by atoms with Gasteiger partial charge >= 0.3 is 0 Å². The third-order valence-corrected chi connectivity index (χ3v) is 2.61. The lowest BCUT2D eigenvalue weighted by molar-refractivity contribution is -0.00815. The van der Waals surface area contributed by atoms with Crippen molar-refractivity contribution in [1.82, 2.24) is 0 Å². The third-order valence-electron chi connectivity index (χ3n) is 1.60. The maximum Gasteiger partial charge on any atom is 0.191 e. The van der Waals surface area contributed by atoms with Crippen molar-refractivity contribution in [2.45, 2.75) is 6.42 Å². The van der Waals surface area contributed by atoms with E-state index in [1.165, 1.54) is 6.07 Å². The Morgan fingerprint density at radius 2 is 2.36 bits per heavy atom. The van der Waals surface area contributed by atoms with Crippen molar-refractivity contribution in [1.29, 1.82) is 0 Å². The van der Waals surface area contributed by atoms with E-state index in [-0.39, 0.29) is 33.0 Å². The van der Waals surface area contributed by atoms with Crippen LogP contribution in [0.4, 0.5) is 4.53 Å². The first kappa shape index (κ1) is 11.2. The van der Waals surface area contributed by atoms with Gasteiger partial charge in [0, 0.05) is 16.5 Å². The Labute approximate surface area is 93.7 Å². The molecule has 0 aliphatic carbocycles. The zero-order valence-electron chi connectivity index (χ0n) is 6.85. The van der Waals surface area contributed by atoms with Crippen LogP contribution in [0.3, 0.4) is 0 Å². The van der Waals surface area contributed by atoms with Gasteiger partial charge in [0.15, 0.2) is 5.75 Å². The van der Waals surface area contributed by atoms with Gasteiger partial charge in [-0.15, -0.1) is 12.3 Å². The first-order chi connectivity index (χ1) is 6.61. The van der Waals surface area contributed by atoms with Crippen LogP contribution in [0.5, 0.6) is 11.5 Å². The van der Waals surface area contributed by atoms with Gasteiger partial charge in [0.05, 0.1) is 9.50 Å². The summed E-state index contributed by atoms with van der Waals surface area (Å²) in [5.41, 5.74) is 0.239. The van der Waals surface area contributed by atoms with E-state index in [1.54, 1.807) is 0 Å². The normalized spacial score (nSPS) is 9.57. The first-order valence-corrected chi connectivity index (χ1v) is 4.70. The van der Waals surface area contributed by atoms with E-state index in [4.69, 9.17) is 18.0 Å². The smallest absolute Gasteiger partial charge is 0.191 e. The molecular formula is C9H5BrClFO2. The highest BCUT2D eigenvalue weighted by atomic mass is 79.9. The highest BCUT2D eigenvalue weighted by Gasteiger charge is 2.16. The second-order valence-electron chi connectivity index (χ2n) is 2.46. The van der Waals surface area contributed by atoms with Crippen molar-refractivity contribution in [2.75, 3.05) is 0 Å². The molecule has 0 unspecified atom stereocenters. The largest absolute Gasteiger partial charge is 0.506 e. The Kier molecular flexibility index (Phi) is 3.62. The second kappa shape index (κ2) is 4.54. The number of hydrogen-bond acceptors (Lipinski definition) is 2. The summed E-state index contributed by atoms with van der Waals surface area (Å²) >= 11 is 8.72. The van der Waals surface area contributed by atoms with E-state index in [2.05, 4.69) is 26.8 Å². The molecule has 0 amide bonds. The summed E-state index contributed by atoms with van der Waals surface area (Å²) in [6, 6.07) is 1.23. The molecule has 5 heteroatoms. The highest BCUT2D eigenvalue weighted by Crippen LogP contribution is 2.40. The summed E-state index contributed by atoms with van der Waals surface area (Å²) in [4.78, 5) is 3.63.